The minimum atomic E-state index is 0.0176. The lowest BCUT2D eigenvalue weighted by Gasteiger charge is -2.26. The minimum Gasteiger partial charge on any atom is -0.355 e. The molecule has 2 rings (SSSR count). The Morgan fingerprint density at radius 1 is 1.50 bits per heavy atom. The van der Waals surface area contributed by atoms with Crippen LogP contribution in [0.5, 0.6) is 0 Å². The van der Waals surface area contributed by atoms with Crippen molar-refractivity contribution in [3.63, 3.8) is 0 Å². The normalized spacial score (nSPS) is 26.1. The molecular weight excluding hydrogens is 150 g/mol. The molecule has 2 aliphatic rings. The molecule has 0 aliphatic heterocycles. The predicted molar refractivity (Wildman–Crippen MR) is 47.7 cm³/mol. The fourth-order valence-corrected chi connectivity index (χ4v) is 1.56. The van der Waals surface area contributed by atoms with Gasteiger partial charge in [-0.3, -0.25) is 4.79 Å². The molecule has 0 aromatic carbocycles. The van der Waals surface area contributed by atoms with E-state index in [1.165, 1.54) is 19.3 Å². The van der Waals surface area contributed by atoms with Crippen LogP contribution in [-0.4, -0.2) is 12.5 Å². The van der Waals surface area contributed by atoms with Crippen molar-refractivity contribution in [2.24, 2.45) is 11.3 Å². The molecule has 0 bridgehead atoms. The molecule has 0 heterocycles. The first-order valence-corrected chi connectivity index (χ1v) is 4.99. The van der Waals surface area contributed by atoms with E-state index >= 15 is 0 Å². The summed E-state index contributed by atoms with van der Waals surface area (Å²) in [6.07, 6.45) is 6.17. The Hall–Kier alpha value is -0.530. The monoisotopic (exact) mass is 167 g/mol. The van der Waals surface area contributed by atoms with Crippen LogP contribution >= 0.6 is 0 Å². The van der Waals surface area contributed by atoms with E-state index in [1.54, 1.807) is 0 Å². The van der Waals surface area contributed by atoms with Crippen molar-refractivity contribution in [3.8, 4) is 0 Å². The van der Waals surface area contributed by atoms with E-state index in [0.717, 1.165) is 25.3 Å². The Bertz CT molecular complexity index is 192. The molecule has 2 aliphatic carbocycles. The van der Waals surface area contributed by atoms with Gasteiger partial charge in [0.25, 0.3) is 0 Å². The molecular formula is C10H17NO. The number of carbonyl (C=O) groups is 1. The lowest BCUT2D eigenvalue weighted by molar-refractivity contribution is -0.126. The quantitative estimate of drug-likeness (QED) is 0.681. The maximum Gasteiger partial charge on any atom is 0.225 e. The third kappa shape index (κ3) is 1.47. The number of amides is 1. The van der Waals surface area contributed by atoms with Crippen LogP contribution in [0.2, 0.25) is 0 Å². The summed E-state index contributed by atoms with van der Waals surface area (Å²) in [5.74, 6) is 1.07. The maximum absolute atomic E-state index is 11.5. The van der Waals surface area contributed by atoms with E-state index < -0.39 is 0 Å². The van der Waals surface area contributed by atoms with Gasteiger partial charge in [0.2, 0.25) is 5.91 Å². The summed E-state index contributed by atoms with van der Waals surface area (Å²) in [5, 5.41) is 3.05. The van der Waals surface area contributed by atoms with Crippen LogP contribution < -0.4 is 5.32 Å². The van der Waals surface area contributed by atoms with E-state index in [1.807, 2.05) is 0 Å². The highest BCUT2D eigenvalue weighted by Crippen LogP contribution is 2.45. The summed E-state index contributed by atoms with van der Waals surface area (Å²) < 4.78 is 0. The smallest absolute Gasteiger partial charge is 0.225 e. The van der Waals surface area contributed by atoms with Crippen molar-refractivity contribution in [3.05, 3.63) is 0 Å². The Labute approximate surface area is 73.7 Å². The molecule has 0 saturated heterocycles. The van der Waals surface area contributed by atoms with Gasteiger partial charge in [0.15, 0.2) is 0 Å². The van der Waals surface area contributed by atoms with E-state index in [9.17, 15) is 4.79 Å². The lowest BCUT2D eigenvalue weighted by atomic mass is 9.85. The molecule has 2 fully saturated rings. The van der Waals surface area contributed by atoms with Crippen LogP contribution in [-0.2, 0) is 4.79 Å². The first kappa shape index (κ1) is 8.09. The summed E-state index contributed by atoms with van der Waals surface area (Å²) in [4.78, 5) is 11.5. The molecule has 2 saturated carbocycles. The first-order chi connectivity index (χ1) is 5.71. The van der Waals surface area contributed by atoms with Crippen LogP contribution in [0.1, 0.15) is 39.0 Å². The van der Waals surface area contributed by atoms with Crippen LogP contribution in [0.4, 0.5) is 0 Å². The zero-order chi connectivity index (χ0) is 8.60. The Morgan fingerprint density at radius 3 is 2.58 bits per heavy atom. The summed E-state index contributed by atoms with van der Waals surface area (Å²) >= 11 is 0. The van der Waals surface area contributed by atoms with E-state index in [4.69, 9.17) is 0 Å². The number of carbonyl (C=O) groups excluding carboxylic acids is 1. The standard InChI is InChI=1S/C10H17NO/c1-10(5-6-10)9(12)11-7-8-3-2-4-8/h8H,2-7H2,1H3,(H,11,12). The Kier molecular flexibility index (Phi) is 1.85. The molecule has 0 spiro atoms. The van der Waals surface area contributed by atoms with Crippen molar-refractivity contribution >= 4 is 5.91 Å². The molecule has 0 aromatic heterocycles. The van der Waals surface area contributed by atoms with Gasteiger partial charge in [-0.15, -0.1) is 0 Å². The number of rotatable bonds is 3. The van der Waals surface area contributed by atoms with Gasteiger partial charge in [-0.1, -0.05) is 13.3 Å². The van der Waals surface area contributed by atoms with Gasteiger partial charge < -0.3 is 5.32 Å². The second-order valence-corrected chi connectivity index (χ2v) is 4.57. The zero-order valence-electron chi connectivity index (χ0n) is 7.73. The summed E-state index contributed by atoms with van der Waals surface area (Å²) in [6.45, 7) is 2.98. The SMILES string of the molecule is CC1(C(=O)NCC2CCC2)CC1. The third-order valence-electron chi connectivity index (χ3n) is 3.32. The van der Waals surface area contributed by atoms with Crippen molar-refractivity contribution in [2.75, 3.05) is 6.54 Å². The molecule has 0 aromatic rings. The summed E-state index contributed by atoms with van der Waals surface area (Å²) in [5.41, 5.74) is 0.0176. The molecule has 0 radical (unpaired) electrons. The van der Waals surface area contributed by atoms with Crippen LogP contribution in [0, 0.1) is 11.3 Å². The van der Waals surface area contributed by atoms with Gasteiger partial charge >= 0.3 is 0 Å². The number of nitrogens with one attached hydrogen (secondary N) is 1. The van der Waals surface area contributed by atoms with Crippen LogP contribution in [0.25, 0.3) is 0 Å². The molecule has 2 nitrogen and oxygen atoms in total. The molecule has 1 amide bonds. The largest absolute Gasteiger partial charge is 0.355 e. The van der Waals surface area contributed by atoms with Gasteiger partial charge in [0.05, 0.1) is 0 Å². The average molecular weight is 167 g/mol. The van der Waals surface area contributed by atoms with Gasteiger partial charge in [-0.25, -0.2) is 0 Å². The highest BCUT2D eigenvalue weighted by Gasteiger charge is 2.44. The van der Waals surface area contributed by atoms with E-state index in [0.29, 0.717) is 0 Å². The molecule has 1 N–H and O–H groups in total. The van der Waals surface area contributed by atoms with Crippen molar-refractivity contribution in [2.45, 2.75) is 39.0 Å². The van der Waals surface area contributed by atoms with Gasteiger partial charge in [0.1, 0.15) is 0 Å². The van der Waals surface area contributed by atoms with Crippen molar-refractivity contribution < 1.29 is 4.79 Å². The van der Waals surface area contributed by atoms with E-state index in [2.05, 4.69) is 12.2 Å². The third-order valence-corrected chi connectivity index (χ3v) is 3.32. The minimum absolute atomic E-state index is 0.0176. The van der Waals surface area contributed by atoms with Crippen molar-refractivity contribution in [1.82, 2.24) is 5.32 Å². The molecule has 0 atom stereocenters. The van der Waals surface area contributed by atoms with Gasteiger partial charge in [-0.05, 0) is 31.6 Å². The van der Waals surface area contributed by atoms with Gasteiger partial charge in [0, 0.05) is 12.0 Å². The number of hydrogen-bond acceptors (Lipinski definition) is 1. The topological polar surface area (TPSA) is 29.1 Å². The highest BCUT2D eigenvalue weighted by molar-refractivity contribution is 5.84. The van der Waals surface area contributed by atoms with Gasteiger partial charge in [-0.2, -0.15) is 0 Å². The number of hydrogen-bond donors (Lipinski definition) is 1. The second kappa shape index (κ2) is 2.75. The molecule has 2 heteroatoms. The molecule has 12 heavy (non-hydrogen) atoms. The van der Waals surface area contributed by atoms with E-state index in [-0.39, 0.29) is 11.3 Å². The Morgan fingerprint density at radius 2 is 2.17 bits per heavy atom. The summed E-state index contributed by atoms with van der Waals surface area (Å²) in [7, 11) is 0. The first-order valence-electron chi connectivity index (χ1n) is 4.99. The average Bonchev–Trinajstić information content (AvgIpc) is 2.66. The summed E-state index contributed by atoms with van der Waals surface area (Å²) in [6, 6.07) is 0. The van der Waals surface area contributed by atoms with Crippen molar-refractivity contribution in [1.29, 1.82) is 0 Å². The van der Waals surface area contributed by atoms with Crippen LogP contribution in [0.3, 0.4) is 0 Å². The zero-order valence-corrected chi connectivity index (χ0v) is 7.73. The highest BCUT2D eigenvalue weighted by atomic mass is 16.2. The Balaban J connectivity index is 1.68. The predicted octanol–water partition coefficient (Wildman–Crippen LogP) is 1.70. The fourth-order valence-electron chi connectivity index (χ4n) is 1.56. The lowest BCUT2D eigenvalue weighted by Crippen LogP contribution is -2.36. The fraction of sp³-hybridized carbons (Fsp3) is 0.900. The van der Waals surface area contributed by atoms with Crippen LogP contribution in [0.15, 0.2) is 0 Å². The molecule has 0 unspecified atom stereocenters. The second-order valence-electron chi connectivity index (χ2n) is 4.57. The molecule has 68 valence electrons. The maximum atomic E-state index is 11.5.